The number of benzene rings is 2. The molecule has 21 heavy (non-hydrogen) atoms. The number of thioether (sulfide) groups is 1. The maximum absolute atomic E-state index is 2.28. The van der Waals surface area contributed by atoms with Crippen molar-refractivity contribution in [3.8, 4) is 0 Å². The molecule has 1 aromatic heterocycles. The van der Waals surface area contributed by atoms with Gasteiger partial charge in [-0.2, -0.15) is 0 Å². The van der Waals surface area contributed by atoms with Crippen molar-refractivity contribution >= 4 is 22.7 Å². The first-order valence-corrected chi connectivity index (χ1v) is 7.87. The Morgan fingerprint density at radius 3 is 2.57 bits per heavy atom. The first-order valence-electron chi connectivity index (χ1n) is 6.88. The van der Waals surface area contributed by atoms with Crippen LogP contribution in [0.15, 0.2) is 71.8 Å². The molecule has 3 rings (SSSR count). The van der Waals surface area contributed by atoms with E-state index in [1.807, 2.05) is 11.8 Å². The minimum atomic E-state index is 0. The van der Waals surface area contributed by atoms with E-state index >= 15 is 0 Å². The second-order valence-corrected chi connectivity index (χ2v) is 6.09. The fourth-order valence-electron chi connectivity index (χ4n) is 2.35. The van der Waals surface area contributed by atoms with Gasteiger partial charge in [-0.05, 0) is 30.2 Å². The zero-order chi connectivity index (χ0) is 13.8. The molecule has 0 bridgehead atoms. The average molecular weight is 407 g/mol. The third kappa shape index (κ3) is 4.20. The molecule has 0 amide bonds. The van der Waals surface area contributed by atoms with Crippen molar-refractivity contribution < 1.29 is 28.5 Å². The summed E-state index contributed by atoms with van der Waals surface area (Å²) in [5.74, 6) is 1.12. The highest BCUT2D eigenvalue weighted by atomic mass is 127. The molecular weight excluding hydrogens is 389 g/mol. The number of halogens is 1. The Hall–Kier alpha value is -1.07. The Kier molecular flexibility index (Phi) is 6.06. The maximum atomic E-state index is 2.28. The Balaban J connectivity index is 0.00000161. The molecule has 2 aromatic carbocycles. The lowest BCUT2D eigenvalue weighted by molar-refractivity contribution is -0.645. The number of rotatable bonds is 4. The summed E-state index contributed by atoms with van der Waals surface area (Å²) in [6, 6.07) is 21.6. The van der Waals surface area contributed by atoms with Crippen LogP contribution in [0, 0.1) is 0 Å². The van der Waals surface area contributed by atoms with Gasteiger partial charge in [0, 0.05) is 28.2 Å². The van der Waals surface area contributed by atoms with Gasteiger partial charge in [-0.25, -0.2) is 4.57 Å². The number of aryl methyl sites for hydroxylation is 2. The molecule has 3 aromatic rings. The number of hydrogen-bond donors (Lipinski definition) is 0. The minimum Gasteiger partial charge on any atom is -1.00 e. The molecule has 0 atom stereocenters. The van der Waals surface area contributed by atoms with Crippen LogP contribution in [0.5, 0.6) is 0 Å². The molecular formula is C18H18INS. The van der Waals surface area contributed by atoms with Crippen molar-refractivity contribution in [3.05, 3.63) is 72.4 Å². The lowest BCUT2D eigenvalue weighted by Crippen LogP contribution is -3.00. The van der Waals surface area contributed by atoms with Gasteiger partial charge in [0.15, 0.2) is 6.20 Å². The molecule has 0 saturated carbocycles. The molecule has 108 valence electrons. The molecule has 3 heteroatoms. The van der Waals surface area contributed by atoms with Gasteiger partial charge in [0.25, 0.3) is 0 Å². The summed E-state index contributed by atoms with van der Waals surface area (Å²) in [5, 5.41) is 1.29. The molecule has 1 nitrogen and oxygen atoms in total. The van der Waals surface area contributed by atoms with Gasteiger partial charge in [0.05, 0.1) is 0 Å². The van der Waals surface area contributed by atoms with Gasteiger partial charge in [-0.3, -0.25) is 0 Å². The van der Waals surface area contributed by atoms with Crippen LogP contribution < -0.4 is 28.5 Å². The van der Waals surface area contributed by atoms with E-state index in [4.69, 9.17) is 0 Å². The predicted octanol–water partition coefficient (Wildman–Crippen LogP) is 1.00. The molecule has 0 unspecified atom stereocenters. The maximum Gasteiger partial charge on any atom is 0.213 e. The van der Waals surface area contributed by atoms with Crippen LogP contribution in [0.3, 0.4) is 0 Å². The zero-order valence-electron chi connectivity index (χ0n) is 12.0. The smallest absolute Gasteiger partial charge is 0.213 e. The average Bonchev–Trinajstić information content (AvgIpc) is 2.49. The molecule has 0 saturated heterocycles. The van der Waals surface area contributed by atoms with Crippen molar-refractivity contribution in [1.29, 1.82) is 0 Å². The molecule has 0 aliphatic carbocycles. The zero-order valence-corrected chi connectivity index (χ0v) is 15.0. The summed E-state index contributed by atoms with van der Waals surface area (Å²) in [6.45, 7) is 0. The molecule has 0 radical (unpaired) electrons. The minimum absolute atomic E-state index is 0. The van der Waals surface area contributed by atoms with E-state index in [2.05, 4.69) is 78.5 Å². The molecule has 0 spiro atoms. The van der Waals surface area contributed by atoms with Crippen LogP contribution in [-0.2, 0) is 13.5 Å². The summed E-state index contributed by atoms with van der Waals surface area (Å²) < 4.78 is 2.18. The van der Waals surface area contributed by atoms with Gasteiger partial charge >= 0.3 is 0 Å². The summed E-state index contributed by atoms with van der Waals surface area (Å²) in [6.07, 6.45) is 3.21. The highest BCUT2D eigenvalue weighted by Gasteiger charge is 2.05. The SMILES string of the molecule is C[n+]1cccc2ccc(SCCc3ccccc3)cc21.[I-]. The quantitative estimate of drug-likeness (QED) is 0.355. The molecule has 0 aliphatic rings. The van der Waals surface area contributed by atoms with Crippen molar-refractivity contribution in [3.63, 3.8) is 0 Å². The first-order chi connectivity index (χ1) is 9.83. The van der Waals surface area contributed by atoms with Crippen LogP contribution in [0.2, 0.25) is 0 Å². The number of aromatic nitrogens is 1. The Morgan fingerprint density at radius 2 is 1.76 bits per heavy atom. The van der Waals surface area contributed by atoms with Gasteiger partial charge in [-0.15, -0.1) is 11.8 Å². The normalized spacial score (nSPS) is 10.3. The van der Waals surface area contributed by atoms with E-state index < -0.39 is 0 Å². The highest BCUT2D eigenvalue weighted by Crippen LogP contribution is 2.22. The Labute approximate surface area is 147 Å². The standard InChI is InChI=1S/C18H18NS.HI/c1-19-12-5-8-16-9-10-17(14-18(16)19)20-13-11-15-6-3-2-4-7-15;/h2-10,12,14H,11,13H2,1H3;1H/q+1;/p-1. The number of fused-ring (bicyclic) bond motifs is 1. The van der Waals surface area contributed by atoms with E-state index in [1.54, 1.807) is 0 Å². The molecule has 0 N–H and O–H groups in total. The van der Waals surface area contributed by atoms with Crippen molar-refractivity contribution in [2.24, 2.45) is 7.05 Å². The van der Waals surface area contributed by atoms with E-state index in [-0.39, 0.29) is 24.0 Å². The van der Waals surface area contributed by atoms with Gasteiger partial charge in [0.1, 0.15) is 7.05 Å². The topological polar surface area (TPSA) is 3.88 Å². The molecule has 0 fully saturated rings. The third-order valence-electron chi connectivity index (χ3n) is 3.47. The first kappa shape index (κ1) is 16.3. The summed E-state index contributed by atoms with van der Waals surface area (Å²) in [4.78, 5) is 1.34. The van der Waals surface area contributed by atoms with Crippen molar-refractivity contribution in [2.75, 3.05) is 5.75 Å². The second-order valence-electron chi connectivity index (χ2n) is 4.92. The van der Waals surface area contributed by atoms with Crippen molar-refractivity contribution in [2.45, 2.75) is 11.3 Å². The van der Waals surface area contributed by atoms with Gasteiger partial charge in [0.2, 0.25) is 5.52 Å². The predicted molar refractivity (Wildman–Crippen MR) is 86.0 cm³/mol. The van der Waals surface area contributed by atoms with E-state index in [9.17, 15) is 0 Å². The monoisotopic (exact) mass is 407 g/mol. The highest BCUT2D eigenvalue weighted by molar-refractivity contribution is 7.99. The number of hydrogen-bond acceptors (Lipinski definition) is 1. The summed E-state index contributed by atoms with van der Waals surface area (Å²) in [7, 11) is 2.10. The summed E-state index contributed by atoms with van der Waals surface area (Å²) in [5.41, 5.74) is 2.70. The Bertz CT molecular complexity index is 713. The van der Waals surface area contributed by atoms with E-state index in [0.717, 1.165) is 12.2 Å². The van der Waals surface area contributed by atoms with Gasteiger partial charge < -0.3 is 24.0 Å². The Morgan fingerprint density at radius 1 is 0.952 bits per heavy atom. The number of nitrogens with zero attached hydrogens (tertiary/aromatic N) is 1. The number of pyridine rings is 1. The molecule has 1 heterocycles. The van der Waals surface area contributed by atoms with Crippen LogP contribution in [0.1, 0.15) is 5.56 Å². The fourth-order valence-corrected chi connectivity index (χ4v) is 3.28. The second kappa shape index (κ2) is 7.80. The van der Waals surface area contributed by atoms with E-state index in [0.29, 0.717) is 0 Å². The molecule has 0 aliphatic heterocycles. The fraction of sp³-hybridized carbons (Fsp3) is 0.167. The van der Waals surface area contributed by atoms with Crippen LogP contribution >= 0.6 is 11.8 Å². The van der Waals surface area contributed by atoms with Gasteiger partial charge in [-0.1, -0.05) is 30.3 Å². The van der Waals surface area contributed by atoms with Crippen LogP contribution in [-0.4, -0.2) is 5.75 Å². The lowest BCUT2D eigenvalue weighted by atomic mass is 10.2. The largest absolute Gasteiger partial charge is 1.00 e. The lowest BCUT2D eigenvalue weighted by Gasteiger charge is -2.03. The van der Waals surface area contributed by atoms with E-state index in [1.165, 1.54) is 21.4 Å². The van der Waals surface area contributed by atoms with Crippen LogP contribution in [0.25, 0.3) is 10.9 Å². The summed E-state index contributed by atoms with van der Waals surface area (Å²) >= 11 is 1.93. The third-order valence-corrected chi connectivity index (χ3v) is 4.47. The van der Waals surface area contributed by atoms with Crippen LogP contribution in [0.4, 0.5) is 0 Å². The van der Waals surface area contributed by atoms with Crippen molar-refractivity contribution in [1.82, 2.24) is 0 Å².